The van der Waals surface area contributed by atoms with Crippen LogP contribution in [-0.2, 0) is 4.79 Å². The van der Waals surface area contributed by atoms with Crippen LogP contribution in [0.1, 0.15) is 37.3 Å². The highest BCUT2D eigenvalue weighted by Crippen LogP contribution is 2.27. The molecule has 0 heterocycles. The smallest absolute Gasteiger partial charge is 0.426 e. The molecule has 0 fully saturated rings. The van der Waals surface area contributed by atoms with Gasteiger partial charge in [0.05, 0.1) is 12.0 Å². The average molecular weight is 354 g/mol. The molecule has 5 N–H and O–H groups in total. The van der Waals surface area contributed by atoms with E-state index in [1.807, 2.05) is 74.5 Å². The minimum atomic E-state index is -1.62. The fourth-order valence-corrected chi connectivity index (χ4v) is 3.12. The standard InChI is InChI=1S/C20H27BN2O3/c1-14(2)13-17(21(25)26)23-20(24)19(22)18(15-9-5-3-6-10-15)16-11-7-4-8-12-16/h3-12,14,17-19,25-26H,13,22H2,1-2H3,(H,23,24)/t17-,19-/m0/s1. The number of carbonyl (C=O) groups excluding carboxylic acids is 1. The second kappa shape index (κ2) is 9.52. The van der Waals surface area contributed by atoms with Crippen LogP contribution < -0.4 is 11.1 Å². The second-order valence-electron chi connectivity index (χ2n) is 6.98. The fourth-order valence-electron chi connectivity index (χ4n) is 3.12. The predicted octanol–water partition coefficient (Wildman–Crippen LogP) is 1.69. The number of amides is 1. The van der Waals surface area contributed by atoms with Gasteiger partial charge in [0.15, 0.2) is 0 Å². The van der Waals surface area contributed by atoms with Crippen molar-refractivity contribution in [2.45, 2.75) is 38.2 Å². The molecule has 0 spiro atoms. The highest BCUT2D eigenvalue weighted by molar-refractivity contribution is 6.43. The van der Waals surface area contributed by atoms with Crippen molar-refractivity contribution in [2.75, 3.05) is 0 Å². The Bertz CT molecular complexity index is 640. The lowest BCUT2D eigenvalue weighted by molar-refractivity contribution is -0.123. The summed E-state index contributed by atoms with van der Waals surface area (Å²) >= 11 is 0. The fraction of sp³-hybridized carbons (Fsp3) is 0.350. The Labute approximate surface area is 155 Å². The molecule has 0 aromatic heterocycles. The summed E-state index contributed by atoms with van der Waals surface area (Å²) < 4.78 is 0. The maximum absolute atomic E-state index is 12.8. The van der Waals surface area contributed by atoms with Crippen molar-refractivity contribution in [1.82, 2.24) is 5.32 Å². The van der Waals surface area contributed by atoms with Crippen LogP contribution in [-0.4, -0.2) is 35.1 Å². The van der Waals surface area contributed by atoms with Crippen LogP contribution in [0.4, 0.5) is 0 Å². The van der Waals surface area contributed by atoms with Gasteiger partial charge in [-0.2, -0.15) is 0 Å². The zero-order valence-electron chi connectivity index (χ0n) is 15.2. The molecule has 6 heteroatoms. The van der Waals surface area contributed by atoms with Crippen LogP contribution in [0.5, 0.6) is 0 Å². The van der Waals surface area contributed by atoms with Crippen LogP contribution in [0.25, 0.3) is 0 Å². The van der Waals surface area contributed by atoms with E-state index >= 15 is 0 Å². The third kappa shape index (κ3) is 5.43. The van der Waals surface area contributed by atoms with Crippen molar-refractivity contribution in [3.63, 3.8) is 0 Å². The van der Waals surface area contributed by atoms with Crippen LogP contribution in [0.2, 0.25) is 0 Å². The van der Waals surface area contributed by atoms with Crippen molar-refractivity contribution in [1.29, 1.82) is 0 Å². The molecule has 2 aromatic carbocycles. The van der Waals surface area contributed by atoms with E-state index < -0.39 is 25.0 Å². The Hall–Kier alpha value is -2.15. The topological polar surface area (TPSA) is 95.6 Å². The van der Waals surface area contributed by atoms with E-state index in [4.69, 9.17) is 5.73 Å². The van der Waals surface area contributed by atoms with E-state index in [1.54, 1.807) is 0 Å². The summed E-state index contributed by atoms with van der Waals surface area (Å²) in [5.41, 5.74) is 8.20. The Morgan fingerprint density at radius 3 is 1.85 bits per heavy atom. The number of benzene rings is 2. The Morgan fingerprint density at radius 2 is 1.46 bits per heavy atom. The Morgan fingerprint density at radius 1 is 1.00 bits per heavy atom. The first kappa shape index (κ1) is 20.2. The average Bonchev–Trinajstić information content (AvgIpc) is 2.62. The van der Waals surface area contributed by atoms with Gasteiger partial charge in [-0.15, -0.1) is 0 Å². The lowest BCUT2D eigenvalue weighted by Crippen LogP contribution is -2.53. The number of hydrogen-bond acceptors (Lipinski definition) is 4. The summed E-state index contributed by atoms with van der Waals surface area (Å²) in [7, 11) is -1.62. The molecule has 1 amide bonds. The van der Waals surface area contributed by atoms with Gasteiger partial charge in [-0.1, -0.05) is 74.5 Å². The molecule has 0 saturated heterocycles. The quantitative estimate of drug-likeness (QED) is 0.543. The van der Waals surface area contributed by atoms with Crippen LogP contribution >= 0.6 is 0 Å². The maximum atomic E-state index is 12.8. The molecule has 5 nitrogen and oxygen atoms in total. The predicted molar refractivity (Wildman–Crippen MR) is 104 cm³/mol. The van der Waals surface area contributed by atoms with Gasteiger partial charge in [0.25, 0.3) is 0 Å². The summed E-state index contributed by atoms with van der Waals surface area (Å²) in [6.45, 7) is 3.91. The van der Waals surface area contributed by atoms with Gasteiger partial charge in [-0.05, 0) is 23.5 Å². The Balaban J connectivity index is 2.26. The summed E-state index contributed by atoms with van der Waals surface area (Å²) in [5, 5.41) is 21.8. The number of hydrogen-bond donors (Lipinski definition) is 4. The van der Waals surface area contributed by atoms with E-state index in [-0.39, 0.29) is 11.8 Å². The lowest BCUT2D eigenvalue weighted by Gasteiger charge is -2.27. The molecule has 0 aliphatic heterocycles. The van der Waals surface area contributed by atoms with Crippen molar-refractivity contribution in [2.24, 2.45) is 11.7 Å². The molecular formula is C20H27BN2O3. The molecular weight excluding hydrogens is 327 g/mol. The van der Waals surface area contributed by atoms with E-state index in [9.17, 15) is 14.8 Å². The summed E-state index contributed by atoms with van der Waals surface area (Å²) in [6, 6.07) is 18.4. The normalized spacial score (nSPS) is 13.5. The molecule has 0 bridgehead atoms. The van der Waals surface area contributed by atoms with Crippen molar-refractivity contribution in [3.05, 3.63) is 71.8 Å². The maximum Gasteiger partial charge on any atom is 0.475 e. The summed E-state index contributed by atoms with van der Waals surface area (Å²) in [6.07, 6.45) is 0.456. The first-order valence-electron chi connectivity index (χ1n) is 8.92. The van der Waals surface area contributed by atoms with Gasteiger partial charge in [0.1, 0.15) is 0 Å². The molecule has 26 heavy (non-hydrogen) atoms. The van der Waals surface area contributed by atoms with Crippen LogP contribution in [0.15, 0.2) is 60.7 Å². The molecule has 0 unspecified atom stereocenters. The molecule has 2 atom stereocenters. The van der Waals surface area contributed by atoms with E-state index in [1.165, 1.54) is 0 Å². The zero-order valence-corrected chi connectivity index (χ0v) is 15.2. The summed E-state index contributed by atoms with van der Waals surface area (Å²) in [5.74, 6) is -1.27. The molecule has 2 rings (SSSR count). The highest BCUT2D eigenvalue weighted by Gasteiger charge is 2.32. The van der Waals surface area contributed by atoms with E-state index in [2.05, 4.69) is 5.32 Å². The summed E-state index contributed by atoms with van der Waals surface area (Å²) in [4.78, 5) is 12.8. The number of carbonyl (C=O) groups is 1. The molecule has 0 saturated carbocycles. The molecule has 0 aliphatic rings. The minimum absolute atomic E-state index is 0.206. The third-order valence-electron chi connectivity index (χ3n) is 4.39. The number of nitrogens with two attached hydrogens (primary N) is 1. The van der Waals surface area contributed by atoms with Crippen molar-refractivity contribution in [3.8, 4) is 0 Å². The number of rotatable bonds is 8. The Kier molecular flexibility index (Phi) is 7.39. The lowest BCUT2D eigenvalue weighted by atomic mass is 9.74. The monoisotopic (exact) mass is 354 g/mol. The first-order chi connectivity index (χ1) is 12.4. The third-order valence-corrected chi connectivity index (χ3v) is 4.39. The zero-order chi connectivity index (χ0) is 19.1. The van der Waals surface area contributed by atoms with Gasteiger partial charge in [-0.3, -0.25) is 4.79 Å². The largest absolute Gasteiger partial charge is 0.475 e. The molecule has 138 valence electrons. The van der Waals surface area contributed by atoms with Gasteiger partial charge in [0.2, 0.25) is 5.91 Å². The highest BCUT2D eigenvalue weighted by atomic mass is 16.4. The van der Waals surface area contributed by atoms with E-state index in [0.29, 0.717) is 6.42 Å². The molecule has 2 aromatic rings. The van der Waals surface area contributed by atoms with Gasteiger partial charge >= 0.3 is 7.12 Å². The minimum Gasteiger partial charge on any atom is -0.426 e. The van der Waals surface area contributed by atoms with E-state index in [0.717, 1.165) is 11.1 Å². The van der Waals surface area contributed by atoms with Crippen molar-refractivity contribution >= 4 is 13.0 Å². The van der Waals surface area contributed by atoms with Gasteiger partial charge < -0.3 is 21.1 Å². The van der Waals surface area contributed by atoms with Crippen molar-refractivity contribution < 1.29 is 14.8 Å². The van der Waals surface area contributed by atoms with Crippen LogP contribution in [0, 0.1) is 5.92 Å². The van der Waals surface area contributed by atoms with Gasteiger partial charge in [-0.25, -0.2) is 0 Å². The first-order valence-corrected chi connectivity index (χ1v) is 8.92. The number of nitrogens with one attached hydrogen (secondary N) is 1. The van der Waals surface area contributed by atoms with Crippen LogP contribution in [0.3, 0.4) is 0 Å². The molecule has 0 aliphatic carbocycles. The SMILES string of the molecule is CC(C)C[C@H](NC(=O)[C@@H](N)C(c1ccccc1)c1ccccc1)B(O)O. The second-order valence-corrected chi connectivity index (χ2v) is 6.98. The van der Waals surface area contributed by atoms with Gasteiger partial charge in [0, 0.05) is 5.92 Å². The molecule has 0 radical (unpaired) electrons.